The number of hydrogen-bond donors (Lipinski definition) is 0. The number of fused-ring (bicyclic) bond motifs is 1. The molecule has 0 aliphatic carbocycles. The molecule has 0 saturated carbocycles. The molecule has 35 heavy (non-hydrogen) atoms. The summed E-state index contributed by atoms with van der Waals surface area (Å²) in [6.07, 6.45) is 1.55. The molecule has 0 radical (unpaired) electrons. The summed E-state index contributed by atoms with van der Waals surface area (Å²) in [6, 6.07) is 16.5. The second-order valence-electron chi connectivity index (χ2n) is 8.40. The molecule has 0 fully saturated rings. The maximum atomic E-state index is 13.7. The van der Waals surface area contributed by atoms with Crippen molar-refractivity contribution in [2.45, 2.75) is 27.3 Å². The SMILES string of the molecule is COc1ccccc1-n1c(=O)n(Cc2nc(-c3cc(C)ccc3C)oc2C)c(=O)c2cccnc21. The summed E-state index contributed by atoms with van der Waals surface area (Å²) in [7, 11) is 1.53. The normalized spacial score (nSPS) is 11.2. The highest BCUT2D eigenvalue weighted by molar-refractivity contribution is 5.76. The second kappa shape index (κ2) is 8.72. The minimum Gasteiger partial charge on any atom is -0.495 e. The van der Waals surface area contributed by atoms with Gasteiger partial charge in [0.05, 0.1) is 24.7 Å². The van der Waals surface area contributed by atoms with E-state index in [0.29, 0.717) is 34.2 Å². The molecule has 5 aromatic rings. The number of aromatic nitrogens is 4. The maximum Gasteiger partial charge on any atom is 0.337 e. The topological polar surface area (TPSA) is 92.1 Å². The molecule has 0 saturated heterocycles. The molecule has 8 nitrogen and oxygen atoms in total. The van der Waals surface area contributed by atoms with Gasteiger partial charge in [-0.25, -0.2) is 19.3 Å². The molecule has 0 atom stereocenters. The summed E-state index contributed by atoms with van der Waals surface area (Å²) in [5, 5.41) is 0.314. The van der Waals surface area contributed by atoms with Gasteiger partial charge in [0.15, 0.2) is 5.65 Å². The Kier molecular flexibility index (Phi) is 5.56. The lowest BCUT2D eigenvalue weighted by Crippen LogP contribution is -2.40. The van der Waals surface area contributed by atoms with Gasteiger partial charge in [-0.2, -0.15) is 0 Å². The number of nitrogens with zero attached hydrogens (tertiary/aromatic N) is 4. The average molecular weight is 469 g/mol. The first-order valence-corrected chi connectivity index (χ1v) is 11.2. The van der Waals surface area contributed by atoms with Gasteiger partial charge in [-0.05, 0) is 56.7 Å². The van der Waals surface area contributed by atoms with E-state index in [1.807, 2.05) is 38.1 Å². The zero-order valence-electron chi connectivity index (χ0n) is 19.9. The van der Waals surface area contributed by atoms with E-state index in [1.54, 1.807) is 43.5 Å². The molecule has 0 aliphatic heterocycles. The van der Waals surface area contributed by atoms with Crippen LogP contribution in [0.2, 0.25) is 0 Å². The van der Waals surface area contributed by atoms with Crippen LogP contribution in [0.25, 0.3) is 28.2 Å². The van der Waals surface area contributed by atoms with Crippen LogP contribution in [0.5, 0.6) is 5.75 Å². The summed E-state index contributed by atoms with van der Waals surface area (Å²) in [5.74, 6) is 1.49. The number of para-hydroxylation sites is 2. The van der Waals surface area contributed by atoms with Crippen molar-refractivity contribution in [2.75, 3.05) is 7.11 Å². The number of methoxy groups -OCH3 is 1. The van der Waals surface area contributed by atoms with Crippen molar-refractivity contribution in [1.82, 2.24) is 19.1 Å². The lowest BCUT2D eigenvalue weighted by atomic mass is 10.1. The van der Waals surface area contributed by atoms with Crippen molar-refractivity contribution in [1.29, 1.82) is 0 Å². The lowest BCUT2D eigenvalue weighted by molar-refractivity contribution is 0.412. The van der Waals surface area contributed by atoms with E-state index in [-0.39, 0.29) is 12.2 Å². The van der Waals surface area contributed by atoms with Crippen LogP contribution in [0.15, 0.2) is 74.8 Å². The first kappa shape index (κ1) is 22.3. The summed E-state index contributed by atoms with van der Waals surface area (Å²) < 4.78 is 14.0. The molecule has 0 spiro atoms. The van der Waals surface area contributed by atoms with Gasteiger partial charge >= 0.3 is 5.69 Å². The van der Waals surface area contributed by atoms with E-state index in [9.17, 15) is 9.59 Å². The Morgan fingerprint density at radius 3 is 2.60 bits per heavy atom. The molecule has 176 valence electrons. The Morgan fingerprint density at radius 2 is 1.80 bits per heavy atom. The molecule has 0 amide bonds. The van der Waals surface area contributed by atoms with Crippen molar-refractivity contribution >= 4 is 11.0 Å². The molecule has 0 N–H and O–H groups in total. The second-order valence-corrected chi connectivity index (χ2v) is 8.40. The predicted molar refractivity (Wildman–Crippen MR) is 133 cm³/mol. The number of hydrogen-bond acceptors (Lipinski definition) is 6. The van der Waals surface area contributed by atoms with E-state index in [4.69, 9.17) is 9.15 Å². The Hall–Kier alpha value is -4.46. The van der Waals surface area contributed by atoms with Crippen molar-refractivity contribution in [3.05, 3.63) is 104 Å². The molecule has 3 aromatic heterocycles. The minimum absolute atomic E-state index is 0.0438. The largest absolute Gasteiger partial charge is 0.495 e. The first-order valence-electron chi connectivity index (χ1n) is 11.2. The van der Waals surface area contributed by atoms with Crippen LogP contribution in [0.3, 0.4) is 0 Å². The van der Waals surface area contributed by atoms with E-state index < -0.39 is 11.2 Å². The van der Waals surface area contributed by atoms with Crippen LogP contribution in [-0.4, -0.2) is 26.2 Å². The van der Waals surface area contributed by atoms with E-state index in [1.165, 1.54) is 11.7 Å². The van der Waals surface area contributed by atoms with Crippen molar-refractivity contribution in [3.8, 4) is 22.9 Å². The fourth-order valence-electron chi connectivity index (χ4n) is 4.16. The molecule has 0 aliphatic rings. The van der Waals surface area contributed by atoms with Gasteiger partial charge in [-0.15, -0.1) is 0 Å². The Bertz CT molecular complexity index is 1690. The van der Waals surface area contributed by atoms with E-state index >= 15 is 0 Å². The number of ether oxygens (including phenoxy) is 1. The quantitative estimate of drug-likeness (QED) is 0.384. The fourth-order valence-corrected chi connectivity index (χ4v) is 4.16. The van der Waals surface area contributed by atoms with Crippen LogP contribution in [0, 0.1) is 20.8 Å². The third-order valence-corrected chi connectivity index (χ3v) is 6.05. The Balaban J connectivity index is 1.71. The average Bonchev–Trinajstić information content (AvgIpc) is 3.23. The van der Waals surface area contributed by atoms with Crippen LogP contribution in [0.4, 0.5) is 0 Å². The molecule has 0 unspecified atom stereocenters. The third-order valence-electron chi connectivity index (χ3n) is 6.05. The maximum absolute atomic E-state index is 13.7. The number of oxazole rings is 1. The molecular formula is C27H24N4O4. The Labute approximate surface area is 201 Å². The summed E-state index contributed by atoms with van der Waals surface area (Å²) in [4.78, 5) is 36.1. The number of pyridine rings is 1. The molecule has 8 heteroatoms. The lowest BCUT2D eigenvalue weighted by Gasteiger charge is -2.15. The van der Waals surface area contributed by atoms with Gasteiger partial charge in [-0.3, -0.25) is 9.36 Å². The smallest absolute Gasteiger partial charge is 0.337 e. The summed E-state index contributed by atoms with van der Waals surface area (Å²) in [6.45, 7) is 5.73. The number of aryl methyl sites for hydroxylation is 3. The highest BCUT2D eigenvalue weighted by Crippen LogP contribution is 2.27. The number of rotatable bonds is 5. The summed E-state index contributed by atoms with van der Waals surface area (Å²) in [5.41, 5.74) is 3.26. The standard InChI is InChI=1S/C27H24N4O4/c1-16-11-12-17(2)20(14-16)25-29-21(18(3)35-25)15-30-26(32)19-8-7-13-28-24(19)31(27(30)33)22-9-5-6-10-23(22)34-4/h5-14H,15H2,1-4H3. The number of benzene rings is 2. The minimum atomic E-state index is -0.540. The highest BCUT2D eigenvalue weighted by atomic mass is 16.5. The molecular weight excluding hydrogens is 444 g/mol. The van der Waals surface area contributed by atoms with E-state index in [2.05, 4.69) is 9.97 Å². The van der Waals surface area contributed by atoms with Gasteiger partial charge in [0.1, 0.15) is 17.2 Å². The molecule has 2 aromatic carbocycles. The van der Waals surface area contributed by atoms with Crippen molar-refractivity contribution in [2.24, 2.45) is 0 Å². The van der Waals surface area contributed by atoms with Crippen LogP contribution in [-0.2, 0) is 6.54 Å². The predicted octanol–water partition coefficient (Wildman–Crippen LogP) is 4.18. The molecule has 0 bridgehead atoms. The van der Waals surface area contributed by atoms with Crippen LogP contribution < -0.4 is 16.0 Å². The van der Waals surface area contributed by atoms with Crippen molar-refractivity contribution < 1.29 is 9.15 Å². The van der Waals surface area contributed by atoms with Crippen LogP contribution >= 0.6 is 0 Å². The third kappa shape index (κ3) is 3.82. The fraction of sp³-hybridized carbons (Fsp3) is 0.185. The van der Waals surface area contributed by atoms with Gasteiger partial charge in [0.2, 0.25) is 5.89 Å². The molecule has 3 heterocycles. The zero-order valence-corrected chi connectivity index (χ0v) is 19.9. The first-order chi connectivity index (χ1) is 16.9. The van der Waals surface area contributed by atoms with Gasteiger partial charge in [0.25, 0.3) is 5.56 Å². The highest BCUT2D eigenvalue weighted by Gasteiger charge is 2.20. The van der Waals surface area contributed by atoms with E-state index in [0.717, 1.165) is 21.3 Å². The van der Waals surface area contributed by atoms with Gasteiger partial charge < -0.3 is 9.15 Å². The van der Waals surface area contributed by atoms with Gasteiger partial charge in [-0.1, -0.05) is 29.8 Å². The van der Waals surface area contributed by atoms with Crippen molar-refractivity contribution in [3.63, 3.8) is 0 Å². The zero-order chi connectivity index (χ0) is 24.7. The molecule has 5 rings (SSSR count). The van der Waals surface area contributed by atoms with Gasteiger partial charge in [0, 0.05) is 11.8 Å². The van der Waals surface area contributed by atoms with Crippen LogP contribution in [0.1, 0.15) is 22.6 Å². The Morgan fingerprint density at radius 1 is 1.00 bits per heavy atom. The summed E-state index contributed by atoms with van der Waals surface area (Å²) >= 11 is 0. The monoisotopic (exact) mass is 468 g/mol.